The number of hydrogen-bond acceptors (Lipinski definition) is 2. The molecule has 0 aliphatic carbocycles. The van der Waals surface area contributed by atoms with Crippen LogP contribution in [-0.2, 0) is 13.0 Å². The van der Waals surface area contributed by atoms with Crippen molar-refractivity contribution >= 4 is 32.3 Å². The molecule has 0 spiro atoms. The molecular formula is C25H25N3. The lowest BCUT2D eigenvalue weighted by atomic mass is 9.92. The predicted molar refractivity (Wildman–Crippen MR) is 117 cm³/mol. The molecule has 0 N–H and O–H groups in total. The Bertz CT molecular complexity index is 1220. The Morgan fingerprint density at radius 3 is 2.36 bits per heavy atom. The Balaban J connectivity index is 1.49. The van der Waals surface area contributed by atoms with Gasteiger partial charge in [-0.25, -0.2) is 4.68 Å². The predicted octanol–water partition coefficient (Wildman–Crippen LogP) is 6.35. The fraction of sp³-hybridized carbons (Fsp3) is 0.280. The van der Waals surface area contributed by atoms with E-state index in [1.807, 2.05) is 4.68 Å². The van der Waals surface area contributed by atoms with Gasteiger partial charge < -0.3 is 0 Å². The van der Waals surface area contributed by atoms with Crippen molar-refractivity contribution < 1.29 is 0 Å². The molecule has 3 heteroatoms. The molecule has 4 aromatic carbocycles. The third-order valence-electron chi connectivity index (χ3n) is 5.82. The van der Waals surface area contributed by atoms with Gasteiger partial charge in [0.15, 0.2) is 0 Å². The molecule has 1 heterocycles. The summed E-state index contributed by atoms with van der Waals surface area (Å²) in [5.74, 6) is 0. The molecule has 0 aliphatic rings. The van der Waals surface area contributed by atoms with Crippen molar-refractivity contribution in [2.75, 3.05) is 0 Å². The highest BCUT2D eigenvalue weighted by atomic mass is 15.4. The third kappa shape index (κ3) is 3.01. The van der Waals surface area contributed by atoms with Crippen LogP contribution in [0.2, 0.25) is 0 Å². The Kier molecular flexibility index (Phi) is 4.44. The molecule has 5 rings (SSSR count). The zero-order chi connectivity index (χ0) is 18.9. The monoisotopic (exact) mass is 367 g/mol. The van der Waals surface area contributed by atoms with Gasteiger partial charge in [0.2, 0.25) is 0 Å². The van der Waals surface area contributed by atoms with Crippen molar-refractivity contribution in [1.29, 1.82) is 0 Å². The lowest BCUT2D eigenvalue weighted by molar-refractivity contribution is 0.648. The second kappa shape index (κ2) is 7.23. The molecule has 28 heavy (non-hydrogen) atoms. The van der Waals surface area contributed by atoms with Crippen LogP contribution >= 0.6 is 0 Å². The summed E-state index contributed by atoms with van der Waals surface area (Å²) in [5, 5.41) is 16.8. The molecule has 0 radical (unpaired) electrons. The lowest BCUT2D eigenvalue weighted by Gasteiger charge is -2.13. The number of benzene rings is 4. The SMILES string of the molecule is CCCCCCc1cn(Cc2ccc3ccc4cccc5ccc2c3c45)nn1. The Hall–Kier alpha value is -2.94. The maximum absolute atomic E-state index is 4.39. The van der Waals surface area contributed by atoms with Gasteiger partial charge in [-0.1, -0.05) is 86.0 Å². The number of aryl methyl sites for hydroxylation is 1. The van der Waals surface area contributed by atoms with Gasteiger partial charge in [0, 0.05) is 6.20 Å². The first-order valence-corrected chi connectivity index (χ1v) is 10.4. The van der Waals surface area contributed by atoms with Gasteiger partial charge in [-0.05, 0) is 50.7 Å². The Labute approximate surface area is 165 Å². The first-order chi connectivity index (χ1) is 13.8. The highest BCUT2D eigenvalue weighted by molar-refractivity contribution is 6.23. The van der Waals surface area contributed by atoms with Crippen molar-refractivity contribution in [3.8, 4) is 0 Å². The summed E-state index contributed by atoms with van der Waals surface area (Å²) in [6.45, 7) is 3.00. The first kappa shape index (κ1) is 17.2. The average Bonchev–Trinajstić information content (AvgIpc) is 3.18. The van der Waals surface area contributed by atoms with E-state index in [1.165, 1.54) is 63.6 Å². The third-order valence-corrected chi connectivity index (χ3v) is 5.82. The van der Waals surface area contributed by atoms with Crippen molar-refractivity contribution in [1.82, 2.24) is 15.0 Å². The van der Waals surface area contributed by atoms with Gasteiger partial charge in [0.1, 0.15) is 0 Å². The van der Waals surface area contributed by atoms with Crippen LogP contribution in [0.25, 0.3) is 32.3 Å². The van der Waals surface area contributed by atoms with Crippen LogP contribution in [0.5, 0.6) is 0 Å². The molecular weight excluding hydrogens is 342 g/mol. The zero-order valence-electron chi connectivity index (χ0n) is 16.4. The molecule has 0 atom stereocenters. The smallest absolute Gasteiger partial charge is 0.0827 e. The quantitative estimate of drug-likeness (QED) is 0.248. The summed E-state index contributed by atoms with van der Waals surface area (Å²) in [6.07, 6.45) is 8.18. The molecule has 0 amide bonds. The summed E-state index contributed by atoms with van der Waals surface area (Å²) in [7, 11) is 0. The molecule has 0 saturated heterocycles. The van der Waals surface area contributed by atoms with Crippen LogP contribution in [0, 0.1) is 0 Å². The fourth-order valence-electron chi connectivity index (χ4n) is 4.37. The number of aromatic nitrogens is 3. The number of hydrogen-bond donors (Lipinski definition) is 0. The van der Waals surface area contributed by atoms with Gasteiger partial charge >= 0.3 is 0 Å². The molecule has 0 fully saturated rings. The maximum Gasteiger partial charge on any atom is 0.0827 e. The normalized spacial score (nSPS) is 11.9. The maximum atomic E-state index is 4.39. The highest BCUT2D eigenvalue weighted by Crippen LogP contribution is 2.36. The second-order valence-electron chi connectivity index (χ2n) is 7.80. The first-order valence-electron chi connectivity index (χ1n) is 10.4. The van der Waals surface area contributed by atoms with Crippen LogP contribution in [0.3, 0.4) is 0 Å². The fourth-order valence-corrected chi connectivity index (χ4v) is 4.37. The molecule has 5 aromatic rings. The molecule has 0 unspecified atom stereocenters. The van der Waals surface area contributed by atoms with E-state index in [-0.39, 0.29) is 0 Å². The molecule has 0 saturated carbocycles. The van der Waals surface area contributed by atoms with Crippen LogP contribution < -0.4 is 0 Å². The highest BCUT2D eigenvalue weighted by Gasteiger charge is 2.11. The number of nitrogens with zero attached hydrogens (tertiary/aromatic N) is 3. The minimum absolute atomic E-state index is 0.760. The molecule has 0 aliphatic heterocycles. The van der Waals surface area contributed by atoms with Crippen LogP contribution in [0.1, 0.15) is 43.9 Å². The Morgan fingerprint density at radius 1 is 0.786 bits per heavy atom. The van der Waals surface area contributed by atoms with Gasteiger partial charge in [0.05, 0.1) is 12.2 Å². The topological polar surface area (TPSA) is 30.7 Å². The van der Waals surface area contributed by atoms with Gasteiger partial charge in [0.25, 0.3) is 0 Å². The van der Waals surface area contributed by atoms with E-state index in [1.54, 1.807) is 0 Å². The second-order valence-corrected chi connectivity index (χ2v) is 7.80. The van der Waals surface area contributed by atoms with Crippen molar-refractivity contribution in [3.63, 3.8) is 0 Å². The van der Waals surface area contributed by atoms with E-state index in [4.69, 9.17) is 0 Å². The van der Waals surface area contributed by atoms with E-state index in [2.05, 4.69) is 78.0 Å². The van der Waals surface area contributed by atoms with Crippen LogP contribution in [-0.4, -0.2) is 15.0 Å². The lowest BCUT2D eigenvalue weighted by Crippen LogP contribution is -2.01. The summed E-state index contributed by atoms with van der Waals surface area (Å²) < 4.78 is 1.99. The van der Waals surface area contributed by atoms with E-state index in [0.717, 1.165) is 18.7 Å². The van der Waals surface area contributed by atoms with Gasteiger partial charge in [-0.15, -0.1) is 5.10 Å². The minimum atomic E-state index is 0.760. The summed E-state index contributed by atoms with van der Waals surface area (Å²) in [4.78, 5) is 0. The van der Waals surface area contributed by atoms with Gasteiger partial charge in [-0.2, -0.15) is 0 Å². The summed E-state index contributed by atoms with van der Waals surface area (Å²) in [5.41, 5.74) is 2.40. The Morgan fingerprint density at radius 2 is 1.54 bits per heavy atom. The molecule has 140 valence electrons. The standard InChI is InChI=1S/C25H25N3/c1-2-3-4-5-9-22-17-28(27-26-22)16-21-13-12-20-11-10-18-7-6-8-19-14-15-23(21)25(20)24(18)19/h6-8,10-15,17H,2-5,9,16H2,1H3. The summed E-state index contributed by atoms with van der Waals surface area (Å²) in [6, 6.07) is 20.0. The zero-order valence-corrected chi connectivity index (χ0v) is 16.4. The van der Waals surface area contributed by atoms with Crippen molar-refractivity contribution in [2.45, 2.75) is 45.6 Å². The van der Waals surface area contributed by atoms with Gasteiger partial charge in [-0.3, -0.25) is 0 Å². The molecule has 3 nitrogen and oxygen atoms in total. The average molecular weight is 367 g/mol. The van der Waals surface area contributed by atoms with Crippen molar-refractivity contribution in [3.05, 3.63) is 72.1 Å². The largest absolute Gasteiger partial charge is 0.248 e. The van der Waals surface area contributed by atoms with E-state index < -0.39 is 0 Å². The summed E-state index contributed by atoms with van der Waals surface area (Å²) >= 11 is 0. The van der Waals surface area contributed by atoms with Crippen molar-refractivity contribution in [2.24, 2.45) is 0 Å². The van der Waals surface area contributed by atoms with E-state index in [0.29, 0.717) is 0 Å². The molecule has 1 aromatic heterocycles. The van der Waals surface area contributed by atoms with Crippen LogP contribution in [0.15, 0.2) is 60.8 Å². The number of rotatable bonds is 7. The van der Waals surface area contributed by atoms with Crippen LogP contribution in [0.4, 0.5) is 0 Å². The minimum Gasteiger partial charge on any atom is -0.248 e. The molecule has 0 bridgehead atoms. The van der Waals surface area contributed by atoms with E-state index in [9.17, 15) is 0 Å². The number of unbranched alkanes of at least 4 members (excludes halogenated alkanes) is 3. The van der Waals surface area contributed by atoms with E-state index >= 15 is 0 Å².